The highest BCUT2D eigenvalue weighted by Crippen LogP contribution is 2.09. The summed E-state index contributed by atoms with van der Waals surface area (Å²) in [5.74, 6) is 0.651. The summed E-state index contributed by atoms with van der Waals surface area (Å²) >= 11 is 8.87. The van der Waals surface area contributed by atoms with E-state index in [1.165, 1.54) is 5.56 Å². The van der Waals surface area contributed by atoms with Gasteiger partial charge in [0, 0.05) is 22.7 Å². The molecule has 10 heavy (non-hydrogen) atoms. The Bertz CT molecular complexity index is 215. The van der Waals surface area contributed by atoms with Gasteiger partial charge in [-0.25, -0.2) is 0 Å². The van der Waals surface area contributed by atoms with Crippen molar-refractivity contribution in [2.24, 2.45) is 0 Å². The third-order valence-corrected chi connectivity index (χ3v) is 1.77. The molecule has 0 N–H and O–H groups in total. The summed E-state index contributed by atoms with van der Waals surface area (Å²) in [4.78, 5) is 4.00. The van der Waals surface area contributed by atoms with Gasteiger partial charge in [0.15, 0.2) is 0 Å². The van der Waals surface area contributed by atoms with Gasteiger partial charge < -0.3 is 0 Å². The molecule has 0 bridgehead atoms. The number of pyridine rings is 1. The predicted molar refractivity (Wildman–Crippen MR) is 46.4 cm³/mol. The average molecular weight is 220 g/mol. The van der Waals surface area contributed by atoms with E-state index in [1.54, 1.807) is 6.20 Å². The maximum Gasteiger partial charge on any atom is 0.0410 e. The number of aromatic nitrogens is 1. The molecule has 0 fully saturated rings. The van der Waals surface area contributed by atoms with Crippen LogP contribution < -0.4 is 0 Å². The van der Waals surface area contributed by atoms with E-state index in [0.29, 0.717) is 5.88 Å². The Morgan fingerprint density at radius 2 is 2.30 bits per heavy atom. The fourth-order valence-corrected chi connectivity index (χ4v) is 1.33. The molecule has 1 aromatic rings. The molecular formula is C7H7BrClN. The molecule has 0 spiro atoms. The highest BCUT2D eigenvalue weighted by molar-refractivity contribution is 9.10. The van der Waals surface area contributed by atoms with Crippen LogP contribution in [0.3, 0.4) is 0 Å². The Hall–Kier alpha value is -0.0800. The lowest BCUT2D eigenvalue weighted by Gasteiger charge is -1.95. The zero-order valence-corrected chi connectivity index (χ0v) is 7.69. The van der Waals surface area contributed by atoms with Crippen LogP contribution in [0.1, 0.15) is 5.56 Å². The van der Waals surface area contributed by atoms with Gasteiger partial charge in [0.05, 0.1) is 0 Å². The lowest BCUT2D eigenvalue weighted by Crippen LogP contribution is -1.86. The van der Waals surface area contributed by atoms with Crippen molar-refractivity contribution < 1.29 is 0 Å². The van der Waals surface area contributed by atoms with Gasteiger partial charge in [0.25, 0.3) is 0 Å². The molecule has 1 aromatic heterocycles. The SMILES string of the molecule is ClCCc1cncc(Br)c1. The Morgan fingerprint density at radius 3 is 2.90 bits per heavy atom. The summed E-state index contributed by atoms with van der Waals surface area (Å²) in [5, 5.41) is 0. The van der Waals surface area contributed by atoms with Gasteiger partial charge in [-0.05, 0) is 34.0 Å². The minimum atomic E-state index is 0.651. The second-order valence-corrected chi connectivity index (χ2v) is 3.24. The Kier molecular flexibility index (Phi) is 3.16. The summed E-state index contributed by atoms with van der Waals surface area (Å²) in [5.41, 5.74) is 1.17. The molecule has 0 saturated heterocycles. The van der Waals surface area contributed by atoms with Crippen LogP contribution in [0.5, 0.6) is 0 Å². The monoisotopic (exact) mass is 219 g/mol. The molecule has 0 saturated carbocycles. The summed E-state index contributed by atoms with van der Waals surface area (Å²) in [6.07, 6.45) is 4.47. The molecular weight excluding hydrogens is 213 g/mol. The zero-order chi connectivity index (χ0) is 7.40. The van der Waals surface area contributed by atoms with E-state index in [2.05, 4.69) is 20.9 Å². The first-order valence-electron chi connectivity index (χ1n) is 2.98. The largest absolute Gasteiger partial charge is 0.263 e. The van der Waals surface area contributed by atoms with Crippen molar-refractivity contribution in [3.63, 3.8) is 0 Å². The third kappa shape index (κ3) is 2.27. The first-order valence-corrected chi connectivity index (χ1v) is 4.31. The lowest BCUT2D eigenvalue weighted by atomic mass is 10.2. The summed E-state index contributed by atoms with van der Waals surface area (Å²) in [6, 6.07) is 2.02. The smallest absolute Gasteiger partial charge is 0.0410 e. The van der Waals surface area contributed by atoms with Crippen LogP contribution in [-0.2, 0) is 6.42 Å². The van der Waals surface area contributed by atoms with Gasteiger partial charge >= 0.3 is 0 Å². The van der Waals surface area contributed by atoms with Crippen molar-refractivity contribution in [2.75, 3.05) is 5.88 Å². The molecule has 1 rings (SSSR count). The zero-order valence-electron chi connectivity index (χ0n) is 5.35. The van der Waals surface area contributed by atoms with Gasteiger partial charge in [0.1, 0.15) is 0 Å². The Labute approximate surface area is 73.6 Å². The number of aryl methyl sites for hydroxylation is 1. The van der Waals surface area contributed by atoms with E-state index in [4.69, 9.17) is 11.6 Å². The fraction of sp³-hybridized carbons (Fsp3) is 0.286. The third-order valence-electron chi connectivity index (χ3n) is 1.14. The Morgan fingerprint density at radius 1 is 1.50 bits per heavy atom. The lowest BCUT2D eigenvalue weighted by molar-refractivity contribution is 1.10. The van der Waals surface area contributed by atoms with E-state index in [9.17, 15) is 0 Å². The number of nitrogens with zero attached hydrogens (tertiary/aromatic N) is 1. The highest BCUT2D eigenvalue weighted by atomic mass is 79.9. The van der Waals surface area contributed by atoms with Gasteiger partial charge in [-0.15, -0.1) is 11.6 Å². The van der Waals surface area contributed by atoms with Crippen molar-refractivity contribution in [3.8, 4) is 0 Å². The molecule has 54 valence electrons. The molecule has 0 radical (unpaired) electrons. The summed E-state index contributed by atoms with van der Waals surface area (Å²) in [6.45, 7) is 0. The maximum absolute atomic E-state index is 5.55. The minimum absolute atomic E-state index is 0.651. The van der Waals surface area contributed by atoms with Crippen molar-refractivity contribution in [3.05, 3.63) is 28.5 Å². The second kappa shape index (κ2) is 3.94. The van der Waals surface area contributed by atoms with E-state index in [0.717, 1.165) is 10.9 Å². The number of halogens is 2. The van der Waals surface area contributed by atoms with Crippen molar-refractivity contribution in [2.45, 2.75) is 6.42 Å². The Balaban J connectivity index is 2.75. The molecule has 1 heterocycles. The molecule has 3 heteroatoms. The standard InChI is InChI=1S/C7H7BrClN/c8-7-3-6(1-2-9)4-10-5-7/h3-5H,1-2H2. The van der Waals surface area contributed by atoms with Crippen molar-refractivity contribution in [1.82, 2.24) is 4.98 Å². The number of hydrogen-bond donors (Lipinski definition) is 0. The number of alkyl halides is 1. The fourth-order valence-electron chi connectivity index (χ4n) is 0.702. The molecule has 0 atom stereocenters. The molecule has 0 aliphatic heterocycles. The maximum atomic E-state index is 5.55. The summed E-state index contributed by atoms with van der Waals surface area (Å²) in [7, 11) is 0. The van der Waals surface area contributed by atoms with Gasteiger partial charge in [-0.3, -0.25) is 4.98 Å². The van der Waals surface area contributed by atoms with Crippen LogP contribution in [0.2, 0.25) is 0 Å². The van der Waals surface area contributed by atoms with Gasteiger partial charge in [0.2, 0.25) is 0 Å². The normalized spacial score (nSPS) is 9.80. The molecule has 0 aromatic carbocycles. The number of rotatable bonds is 2. The van der Waals surface area contributed by atoms with Crippen LogP contribution in [0.15, 0.2) is 22.9 Å². The predicted octanol–water partition coefficient (Wildman–Crippen LogP) is 2.63. The van der Waals surface area contributed by atoms with E-state index >= 15 is 0 Å². The number of hydrogen-bond acceptors (Lipinski definition) is 1. The molecule has 0 aliphatic rings. The van der Waals surface area contributed by atoms with Crippen LogP contribution in [-0.4, -0.2) is 10.9 Å². The van der Waals surface area contributed by atoms with Crippen LogP contribution in [0, 0.1) is 0 Å². The van der Waals surface area contributed by atoms with Crippen LogP contribution in [0.25, 0.3) is 0 Å². The van der Waals surface area contributed by atoms with E-state index in [-0.39, 0.29) is 0 Å². The molecule has 0 aliphatic carbocycles. The van der Waals surface area contributed by atoms with Gasteiger partial charge in [-0.2, -0.15) is 0 Å². The quantitative estimate of drug-likeness (QED) is 0.698. The van der Waals surface area contributed by atoms with Crippen LogP contribution in [0.4, 0.5) is 0 Å². The van der Waals surface area contributed by atoms with Crippen LogP contribution >= 0.6 is 27.5 Å². The average Bonchev–Trinajstić information content (AvgIpc) is 1.88. The minimum Gasteiger partial charge on any atom is -0.263 e. The first kappa shape index (κ1) is 8.02. The first-order chi connectivity index (χ1) is 4.83. The molecule has 1 nitrogen and oxygen atoms in total. The molecule has 0 amide bonds. The highest BCUT2D eigenvalue weighted by Gasteiger charge is 1.91. The second-order valence-electron chi connectivity index (χ2n) is 1.95. The van der Waals surface area contributed by atoms with E-state index < -0.39 is 0 Å². The topological polar surface area (TPSA) is 12.9 Å². The summed E-state index contributed by atoms with van der Waals surface area (Å²) < 4.78 is 1.01. The molecule has 0 unspecified atom stereocenters. The van der Waals surface area contributed by atoms with Crippen molar-refractivity contribution >= 4 is 27.5 Å². The van der Waals surface area contributed by atoms with E-state index in [1.807, 2.05) is 12.3 Å². The van der Waals surface area contributed by atoms with Crippen molar-refractivity contribution in [1.29, 1.82) is 0 Å². The van der Waals surface area contributed by atoms with Gasteiger partial charge in [-0.1, -0.05) is 0 Å².